The van der Waals surface area contributed by atoms with Gasteiger partial charge in [0.05, 0.1) is 29.2 Å². The molecule has 1 atom stereocenters. The third kappa shape index (κ3) is 2.40. The van der Waals surface area contributed by atoms with Gasteiger partial charge in [-0.1, -0.05) is 21.1 Å². The molecule has 0 fully saturated rings. The van der Waals surface area contributed by atoms with Crippen molar-refractivity contribution in [3.63, 3.8) is 0 Å². The molecule has 3 aromatic rings. The molecule has 98 valence electrons. The largest absolute Gasteiger partial charge is 0.359 e. The van der Waals surface area contributed by atoms with Crippen molar-refractivity contribution < 1.29 is 4.52 Å². The number of hydrogen-bond donors (Lipinski definition) is 0. The van der Waals surface area contributed by atoms with E-state index in [1.165, 1.54) is 0 Å². The van der Waals surface area contributed by atoms with Crippen molar-refractivity contribution in [2.45, 2.75) is 18.8 Å². The summed E-state index contributed by atoms with van der Waals surface area (Å²) in [6.07, 6.45) is 1.63. The third-order valence-corrected chi connectivity index (χ3v) is 3.59. The number of imidazole rings is 1. The van der Waals surface area contributed by atoms with E-state index in [4.69, 9.17) is 16.1 Å². The molecule has 0 aliphatic rings. The molecule has 0 saturated carbocycles. The van der Waals surface area contributed by atoms with Crippen molar-refractivity contribution >= 4 is 38.6 Å². The van der Waals surface area contributed by atoms with Crippen LogP contribution < -0.4 is 0 Å². The molecule has 1 unspecified atom stereocenters. The minimum Gasteiger partial charge on any atom is -0.359 e. The van der Waals surface area contributed by atoms with E-state index in [0.717, 1.165) is 27.1 Å². The van der Waals surface area contributed by atoms with Crippen LogP contribution in [0.15, 0.2) is 39.5 Å². The molecule has 0 radical (unpaired) electrons. The van der Waals surface area contributed by atoms with Gasteiger partial charge >= 0.3 is 0 Å². The number of rotatable bonds is 3. The molecule has 2 aromatic heterocycles. The van der Waals surface area contributed by atoms with Gasteiger partial charge in [-0.15, -0.1) is 11.6 Å². The van der Waals surface area contributed by atoms with Gasteiger partial charge in [-0.3, -0.25) is 0 Å². The lowest BCUT2D eigenvalue weighted by atomic mass is 10.3. The van der Waals surface area contributed by atoms with Crippen LogP contribution >= 0.6 is 27.5 Å². The smallest absolute Gasteiger partial charge is 0.156 e. The van der Waals surface area contributed by atoms with Gasteiger partial charge in [0.25, 0.3) is 0 Å². The molecule has 0 saturated heterocycles. The predicted octanol–water partition coefficient (Wildman–Crippen LogP) is 4.13. The van der Waals surface area contributed by atoms with Gasteiger partial charge in [-0.05, 0) is 25.1 Å². The van der Waals surface area contributed by atoms with E-state index in [1.807, 2.05) is 31.2 Å². The summed E-state index contributed by atoms with van der Waals surface area (Å²) in [6, 6.07) is 7.81. The maximum Gasteiger partial charge on any atom is 0.156 e. The molecule has 0 aliphatic carbocycles. The summed E-state index contributed by atoms with van der Waals surface area (Å²) in [6.45, 7) is 2.48. The molecular formula is C13H11BrClN3O. The summed E-state index contributed by atoms with van der Waals surface area (Å²) in [5.41, 5.74) is 1.94. The summed E-state index contributed by atoms with van der Waals surface area (Å²) in [5.74, 6) is 1.60. The number of halogens is 2. The lowest BCUT2D eigenvalue weighted by Crippen LogP contribution is -2.05. The highest BCUT2D eigenvalue weighted by Gasteiger charge is 2.16. The van der Waals surface area contributed by atoms with Crippen LogP contribution in [0, 0.1) is 0 Å². The molecule has 0 spiro atoms. The second-order valence-corrected chi connectivity index (χ2v) is 5.85. The highest BCUT2D eigenvalue weighted by molar-refractivity contribution is 9.10. The molecule has 6 heteroatoms. The number of fused-ring (bicyclic) bond motifs is 1. The van der Waals surface area contributed by atoms with Gasteiger partial charge in [-0.25, -0.2) is 4.98 Å². The molecule has 0 bridgehead atoms. The second-order valence-electron chi connectivity index (χ2n) is 4.28. The molecule has 4 nitrogen and oxygen atoms in total. The lowest BCUT2D eigenvalue weighted by Gasteiger charge is -2.08. The van der Waals surface area contributed by atoms with Gasteiger partial charge in [0.15, 0.2) is 5.76 Å². The Morgan fingerprint density at radius 1 is 1.42 bits per heavy atom. The van der Waals surface area contributed by atoms with Crippen molar-refractivity contribution in [2.24, 2.45) is 0 Å². The molecule has 2 heterocycles. The van der Waals surface area contributed by atoms with Crippen molar-refractivity contribution in [1.29, 1.82) is 0 Å². The van der Waals surface area contributed by atoms with Gasteiger partial charge in [0.2, 0.25) is 0 Å². The summed E-state index contributed by atoms with van der Waals surface area (Å²) >= 11 is 9.70. The molecular weight excluding hydrogens is 330 g/mol. The fourth-order valence-corrected chi connectivity index (χ4v) is 2.58. The van der Waals surface area contributed by atoms with Gasteiger partial charge in [-0.2, -0.15) is 0 Å². The molecule has 0 N–H and O–H groups in total. The normalized spacial score (nSPS) is 13.0. The van der Waals surface area contributed by atoms with Crippen LogP contribution in [0.1, 0.15) is 23.9 Å². The molecule has 0 amide bonds. The van der Waals surface area contributed by atoms with E-state index in [9.17, 15) is 0 Å². The first-order valence-corrected chi connectivity index (χ1v) is 7.07. The second kappa shape index (κ2) is 4.98. The van der Waals surface area contributed by atoms with E-state index in [2.05, 4.69) is 30.6 Å². The number of benzene rings is 1. The van der Waals surface area contributed by atoms with Crippen LogP contribution in [0.25, 0.3) is 11.0 Å². The average molecular weight is 341 g/mol. The van der Waals surface area contributed by atoms with Crippen LogP contribution in [-0.2, 0) is 6.54 Å². The maximum atomic E-state index is 6.22. The van der Waals surface area contributed by atoms with E-state index in [-0.39, 0.29) is 5.38 Å². The standard InChI is InChI=1S/C13H11BrClN3O/c1-8(15)13-17-11-3-2-9(14)6-12(11)18(13)7-10-4-5-16-19-10/h2-6,8H,7H2,1H3. The Hall–Kier alpha value is -1.33. The van der Waals surface area contributed by atoms with Crippen LogP contribution in [0.3, 0.4) is 0 Å². The molecule has 0 aliphatic heterocycles. The number of alkyl halides is 1. The van der Waals surface area contributed by atoms with Crippen molar-refractivity contribution in [3.8, 4) is 0 Å². The van der Waals surface area contributed by atoms with E-state index < -0.39 is 0 Å². The first-order chi connectivity index (χ1) is 9.15. The van der Waals surface area contributed by atoms with E-state index >= 15 is 0 Å². The van der Waals surface area contributed by atoms with E-state index in [1.54, 1.807) is 6.20 Å². The number of hydrogen-bond acceptors (Lipinski definition) is 3. The topological polar surface area (TPSA) is 43.9 Å². The quantitative estimate of drug-likeness (QED) is 0.673. The van der Waals surface area contributed by atoms with Crippen LogP contribution in [0.5, 0.6) is 0 Å². The first-order valence-electron chi connectivity index (χ1n) is 5.84. The van der Waals surface area contributed by atoms with Crippen LogP contribution in [0.2, 0.25) is 0 Å². The summed E-state index contributed by atoms with van der Waals surface area (Å²) in [5, 5.41) is 3.55. The average Bonchev–Trinajstić information content (AvgIpc) is 2.98. The van der Waals surface area contributed by atoms with Gasteiger partial charge < -0.3 is 9.09 Å². The Balaban J connectivity index is 2.18. The third-order valence-electron chi connectivity index (χ3n) is 2.90. The Morgan fingerprint density at radius 2 is 2.26 bits per heavy atom. The first kappa shape index (κ1) is 12.7. The van der Waals surface area contributed by atoms with Crippen LogP contribution in [-0.4, -0.2) is 14.7 Å². The SMILES string of the molecule is CC(Cl)c1nc2ccc(Br)cc2n1Cc1ccno1. The molecule has 19 heavy (non-hydrogen) atoms. The van der Waals surface area contributed by atoms with Gasteiger partial charge in [0.1, 0.15) is 5.82 Å². The summed E-state index contributed by atoms with van der Waals surface area (Å²) < 4.78 is 8.23. The maximum absolute atomic E-state index is 6.22. The predicted molar refractivity (Wildman–Crippen MR) is 77.3 cm³/mol. The number of aromatic nitrogens is 3. The van der Waals surface area contributed by atoms with Crippen molar-refractivity contribution in [3.05, 3.63) is 46.5 Å². The Morgan fingerprint density at radius 3 is 2.95 bits per heavy atom. The molecule has 1 aromatic carbocycles. The van der Waals surface area contributed by atoms with Crippen molar-refractivity contribution in [2.75, 3.05) is 0 Å². The zero-order valence-electron chi connectivity index (χ0n) is 10.2. The minimum atomic E-state index is -0.172. The van der Waals surface area contributed by atoms with Crippen LogP contribution in [0.4, 0.5) is 0 Å². The summed E-state index contributed by atoms with van der Waals surface area (Å²) in [4.78, 5) is 4.58. The Bertz CT molecular complexity index is 706. The Labute approximate surface area is 123 Å². The zero-order chi connectivity index (χ0) is 13.4. The number of nitrogens with zero attached hydrogens (tertiary/aromatic N) is 3. The summed E-state index contributed by atoms with van der Waals surface area (Å²) in [7, 11) is 0. The minimum absolute atomic E-state index is 0.172. The highest BCUT2D eigenvalue weighted by Crippen LogP contribution is 2.27. The van der Waals surface area contributed by atoms with E-state index in [0.29, 0.717) is 6.54 Å². The zero-order valence-corrected chi connectivity index (χ0v) is 12.5. The fourth-order valence-electron chi connectivity index (χ4n) is 2.06. The van der Waals surface area contributed by atoms with Crippen molar-refractivity contribution in [1.82, 2.24) is 14.7 Å². The highest BCUT2D eigenvalue weighted by atomic mass is 79.9. The lowest BCUT2D eigenvalue weighted by molar-refractivity contribution is 0.376. The Kier molecular flexibility index (Phi) is 3.33. The fraction of sp³-hybridized carbons (Fsp3) is 0.231. The van der Waals surface area contributed by atoms with Gasteiger partial charge in [0, 0.05) is 10.5 Å². The monoisotopic (exact) mass is 339 g/mol. The molecule has 3 rings (SSSR count).